The summed E-state index contributed by atoms with van der Waals surface area (Å²) in [5.41, 5.74) is 1.26. The van der Waals surface area contributed by atoms with Gasteiger partial charge in [0.15, 0.2) is 0 Å². The molecule has 20 heavy (non-hydrogen) atoms. The summed E-state index contributed by atoms with van der Waals surface area (Å²) >= 11 is 0. The maximum Gasteiger partial charge on any atom is 0.223 e. The number of fused-ring (bicyclic) bond motifs is 2. The van der Waals surface area contributed by atoms with Gasteiger partial charge in [-0.05, 0) is 37.8 Å². The molecule has 3 nitrogen and oxygen atoms in total. The van der Waals surface area contributed by atoms with Gasteiger partial charge in [0.2, 0.25) is 5.91 Å². The van der Waals surface area contributed by atoms with E-state index in [9.17, 15) is 4.79 Å². The molecule has 4 heteroatoms. The van der Waals surface area contributed by atoms with Gasteiger partial charge in [-0.25, -0.2) is 0 Å². The van der Waals surface area contributed by atoms with E-state index < -0.39 is 0 Å². The standard InChI is InChI=1S/C16H22N2O.ClH/c19-16(9-6-13-4-2-1-3-5-13)18-14-7-8-15(18)12-17-11-10-14;/h1-5,14-15,17H,6-12H2;1H. The molecule has 1 aromatic rings. The fraction of sp³-hybridized carbons (Fsp3) is 0.562. The van der Waals surface area contributed by atoms with Crippen molar-refractivity contribution in [2.45, 2.75) is 44.2 Å². The van der Waals surface area contributed by atoms with Gasteiger partial charge in [-0.15, -0.1) is 12.4 Å². The maximum absolute atomic E-state index is 12.5. The fourth-order valence-electron chi connectivity index (χ4n) is 3.41. The van der Waals surface area contributed by atoms with Crippen LogP contribution in [0, 0.1) is 0 Å². The van der Waals surface area contributed by atoms with Crippen LogP contribution in [0.25, 0.3) is 0 Å². The van der Waals surface area contributed by atoms with Gasteiger partial charge >= 0.3 is 0 Å². The van der Waals surface area contributed by atoms with E-state index in [1.54, 1.807) is 0 Å². The molecule has 1 amide bonds. The van der Waals surface area contributed by atoms with Gasteiger partial charge in [0.05, 0.1) is 0 Å². The summed E-state index contributed by atoms with van der Waals surface area (Å²) in [4.78, 5) is 14.7. The summed E-state index contributed by atoms with van der Waals surface area (Å²) in [7, 11) is 0. The second-order valence-corrected chi connectivity index (χ2v) is 5.66. The van der Waals surface area contributed by atoms with Crippen molar-refractivity contribution >= 4 is 18.3 Å². The van der Waals surface area contributed by atoms with E-state index >= 15 is 0 Å². The number of carbonyl (C=O) groups excluding carboxylic acids is 1. The molecule has 2 bridgehead atoms. The fourth-order valence-corrected chi connectivity index (χ4v) is 3.41. The average Bonchev–Trinajstić information content (AvgIpc) is 2.71. The molecule has 0 aliphatic carbocycles. The summed E-state index contributed by atoms with van der Waals surface area (Å²) in [6, 6.07) is 11.2. The quantitative estimate of drug-likeness (QED) is 0.928. The van der Waals surface area contributed by atoms with Crippen molar-refractivity contribution in [3.05, 3.63) is 35.9 Å². The number of halogens is 1. The third kappa shape index (κ3) is 3.33. The smallest absolute Gasteiger partial charge is 0.223 e. The highest BCUT2D eigenvalue weighted by molar-refractivity contribution is 5.85. The lowest BCUT2D eigenvalue weighted by molar-refractivity contribution is -0.133. The van der Waals surface area contributed by atoms with E-state index in [4.69, 9.17) is 0 Å². The predicted molar refractivity (Wildman–Crippen MR) is 83.2 cm³/mol. The van der Waals surface area contributed by atoms with Crippen LogP contribution in [0.4, 0.5) is 0 Å². The molecule has 0 radical (unpaired) electrons. The Hall–Kier alpha value is -1.06. The van der Waals surface area contributed by atoms with Gasteiger partial charge in [0.25, 0.3) is 0 Å². The van der Waals surface area contributed by atoms with Crippen LogP contribution in [0.5, 0.6) is 0 Å². The Labute approximate surface area is 127 Å². The molecule has 2 heterocycles. The highest BCUT2D eigenvalue weighted by Crippen LogP contribution is 2.28. The average molecular weight is 295 g/mol. The van der Waals surface area contributed by atoms with Gasteiger partial charge in [-0.2, -0.15) is 0 Å². The first-order chi connectivity index (χ1) is 9.34. The molecule has 3 rings (SSSR count). The molecular formula is C16H23ClN2O. The summed E-state index contributed by atoms with van der Waals surface area (Å²) < 4.78 is 0. The molecule has 1 aromatic carbocycles. The minimum atomic E-state index is 0. The topological polar surface area (TPSA) is 32.3 Å². The van der Waals surface area contributed by atoms with Crippen LogP contribution in [0.2, 0.25) is 0 Å². The van der Waals surface area contributed by atoms with E-state index in [0.29, 0.717) is 24.4 Å². The highest BCUT2D eigenvalue weighted by atomic mass is 35.5. The number of nitrogens with zero attached hydrogens (tertiary/aromatic N) is 1. The van der Waals surface area contributed by atoms with Crippen molar-refractivity contribution in [1.29, 1.82) is 0 Å². The molecule has 110 valence electrons. The van der Waals surface area contributed by atoms with E-state index in [1.165, 1.54) is 18.4 Å². The molecule has 0 saturated carbocycles. The lowest BCUT2D eigenvalue weighted by Gasteiger charge is -2.28. The minimum absolute atomic E-state index is 0. The number of hydrogen-bond donors (Lipinski definition) is 1. The molecule has 2 aliphatic rings. The number of rotatable bonds is 3. The van der Waals surface area contributed by atoms with Crippen LogP contribution in [0.1, 0.15) is 31.2 Å². The van der Waals surface area contributed by atoms with E-state index in [2.05, 4.69) is 22.3 Å². The Balaban J connectivity index is 0.00000147. The normalized spacial score (nSPS) is 24.9. The molecule has 2 aliphatic heterocycles. The second-order valence-electron chi connectivity index (χ2n) is 5.66. The molecule has 2 fully saturated rings. The van der Waals surface area contributed by atoms with Crippen LogP contribution in [0.3, 0.4) is 0 Å². The van der Waals surface area contributed by atoms with Gasteiger partial charge in [-0.1, -0.05) is 30.3 Å². The van der Waals surface area contributed by atoms with Crippen LogP contribution >= 0.6 is 12.4 Å². The summed E-state index contributed by atoms with van der Waals surface area (Å²) in [5.74, 6) is 0.347. The predicted octanol–water partition coefficient (Wildman–Crippen LogP) is 2.39. The summed E-state index contributed by atoms with van der Waals surface area (Å²) in [5, 5.41) is 3.44. The van der Waals surface area contributed by atoms with E-state index in [1.807, 2.05) is 18.2 Å². The Morgan fingerprint density at radius 3 is 2.70 bits per heavy atom. The molecule has 2 saturated heterocycles. The zero-order valence-corrected chi connectivity index (χ0v) is 12.6. The third-order valence-corrected chi connectivity index (χ3v) is 4.41. The van der Waals surface area contributed by atoms with E-state index in [0.717, 1.165) is 25.9 Å². The highest BCUT2D eigenvalue weighted by Gasteiger charge is 2.37. The summed E-state index contributed by atoms with van der Waals surface area (Å²) in [6.07, 6.45) is 5.01. The Morgan fingerprint density at radius 1 is 1.15 bits per heavy atom. The van der Waals surface area contributed by atoms with Crippen molar-refractivity contribution in [3.8, 4) is 0 Å². The van der Waals surface area contributed by atoms with Crippen molar-refractivity contribution in [1.82, 2.24) is 10.2 Å². The maximum atomic E-state index is 12.5. The SMILES string of the molecule is Cl.O=C(CCc1ccccc1)N1C2CCNCC1CC2. The van der Waals surface area contributed by atoms with Crippen molar-refractivity contribution < 1.29 is 4.79 Å². The second kappa shape index (κ2) is 7.09. The molecule has 2 unspecified atom stereocenters. The summed E-state index contributed by atoms with van der Waals surface area (Å²) in [6.45, 7) is 2.04. The molecule has 2 atom stereocenters. The first-order valence-corrected chi connectivity index (χ1v) is 7.40. The largest absolute Gasteiger partial charge is 0.335 e. The Bertz CT molecular complexity index is 423. The first-order valence-electron chi connectivity index (χ1n) is 7.40. The molecule has 0 aromatic heterocycles. The number of nitrogens with one attached hydrogen (secondary N) is 1. The molecule has 0 spiro atoms. The number of benzene rings is 1. The lowest BCUT2D eigenvalue weighted by atomic mass is 10.1. The first kappa shape index (κ1) is 15.3. The molecule has 1 N–H and O–H groups in total. The van der Waals surface area contributed by atoms with Crippen LogP contribution < -0.4 is 5.32 Å². The number of amides is 1. The minimum Gasteiger partial charge on any atom is -0.335 e. The van der Waals surface area contributed by atoms with Gasteiger partial charge in [-0.3, -0.25) is 4.79 Å². The zero-order chi connectivity index (χ0) is 13.1. The Kier molecular flexibility index (Phi) is 5.44. The van der Waals surface area contributed by atoms with Gasteiger partial charge in [0.1, 0.15) is 0 Å². The lowest BCUT2D eigenvalue weighted by Crippen LogP contribution is -2.42. The van der Waals surface area contributed by atoms with Crippen molar-refractivity contribution in [2.24, 2.45) is 0 Å². The number of hydrogen-bond acceptors (Lipinski definition) is 2. The Morgan fingerprint density at radius 2 is 1.90 bits per heavy atom. The van der Waals surface area contributed by atoms with Crippen LogP contribution in [-0.2, 0) is 11.2 Å². The zero-order valence-electron chi connectivity index (χ0n) is 11.8. The van der Waals surface area contributed by atoms with Crippen LogP contribution in [-0.4, -0.2) is 36.0 Å². The van der Waals surface area contributed by atoms with Gasteiger partial charge < -0.3 is 10.2 Å². The monoisotopic (exact) mass is 294 g/mol. The van der Waals surface area contributed by atoms with Crippen LogP contribution in [0.15, 0.2) is 30.3 Å². The van der Waals surface area contributed by atoms with Gasteiger partial charge in [0, 0.05) is 25.0 Å². The number of aryl methyl sites for hydroxylation is 1. The number of carbonyl (C=O) groups is 1. The molecular weight excluding hydrogens is 272 g/mol. The van der Waals surface area contributed by atoms with E-state index in [-0.39, 0.29) is 12.4 Å². The van der Waals surface area contributed by atoms with Crippen molar-refractivity contribution in [3.63, 3.8) is 0 Å². The van der Waals surface area contributed by atoms with Crippen molar-refractivity contribution in [2.75, 3.05) is 13.1 Å². The third-order valence-electron chi connectivity index (χ3n) is 4.41.